The summed E-state index contributed by atoms with van der Waals surface area (Å²) in [4.78, 5) is 21.5. The highest BCUT2D eigenvalue weighted by Gasteiger charge is 2.12. The van der Waals surface area contributed by atoms with Crippen LogP contribution in [0.1, 0.15) is 23.1 Å². The van der Waals surface area contributed by atoms with E-state index in [2.05, 4.69) is 10.3 Å². The van der Waals surface area contributed by atoms with Gasteiger partial charge < -0.3 is 5.73 Å². The monoisotopic (exact) mass is 182 g/mol. The lowest BCUT2D eigenvalue weighted by Gasteiger charge is -1.97. The lowest BCUT2D eigenvalue weighted by molar-refractivity contribution is -0.118. The Bertz CT molecular complexity index is 355. The van der Waals surface area contributed by atoms with Crippen LogP contribution in [0.25, 0.3) is 0 Å². The molecule has 6 heteroatoms. The van der Waals surface area contributed by atoms with E-state index in [0.717, 1.165) is 0 Å². The quantitative estimate of drug-likeness (QED) is 0.624. The molecule has 0 fully saturated rings. The van der Waals surface area contributed by atoms with Gasteiger partial charge in [0.2, 0.25) is 5.91 Å². The molecule has 0 aromatic carbocycles. The highest BCUT2D eigenvalue weighted by molar-refractivity contribution is 5.93. The molecule has 0 radical (unpaired) electrons. The number of hydrogen-bond donors (Lipinski definition) is 1. The highest BCUT2D eigenvalue weighted by atomic mass is 16.1. The Morgan fingerprint density at radius 2 is 2.15 bits per heavy atom. The molecule has 1 aromatic heterocycles. The Morgan fingerprint density at radius 1 is 1.54 bits per heavy atom. The van der Waals surface area contributed by atoms with Crippen LogP contribution in [0.5, 0.6) is 0 Å². The maximum Gasteiger partial charge on any atom is 0.239 e. The van der Waals surface area contributed by atoms with Gasteiger partial charge in [0.05, 0.1) is 5.69 Å². The number of ketones is 1. The Balaban J connectivity index is 2.99. The van der Waals surface area contributed by atoms with Crippen LogP contribution >= 0.6 is 0 Å². The summed E-state index contributed by atoms with van der Waals surface area (Å²) in [6, 6.07) is 0. The van der Waals surface area contributed by atoms with Crippen molar-refractivity contribution in [2.24, 2.45) is 5.73 Å². The molecular formula is C7H10N4O2. The third-order valence-electron chi connectivity index (χ3n) is 1.62. The molecule has 1 rings (SSSR count). The minimum atomic E-state index is -0.511. The summed E-state index contributed by atoms with van der Waals surface area (Å²) < 4.78 is 1.30. The van der Waals surface area contributed by atoms with E-state index in [4.69, 9.17) is 5.73 Å². The molecule has 0 saturated carbocycles. The second-order valence-electron chi connectivity index (χ2n) is 2.70. The third kappa shape index (κ3) is 1.90. The maximum atomic E-state index is 10.9. The van der Waals surface area contributed by atoms with Crippen LogP contribution in [0.2, 0.25) is 0 Å². The molecule has 0 aliphatic heterocycles. The van der Waals surface area contributed by atoms with Crippen LogP contribution < -0.4 is 5.73 Å². The van der Waals surface area contributed by atoms with E-state index < -0.39 is 5.91 Å². The van der Waals surface area contributed by atoms with Gasteiger partial charge in [0.15, 0.2) is 11.5 Å². The van der Waals surface area contributed by atoms with Crippen molar-refractivity contribution >= 4 is 11.7 Å². The molecule has 0 aliphatic rings. The molecule has 0 saturated heterocycles. The summed E-state index contributed by atoms with van der Waals surface area (Å²) in [5.74, 6) is -0.684. The van der Waals surface area contributed by atoms with Gasteiger partial charge in [0.25, 0.3) is 0 Å². The Morgan fingerprint density at radius 3 is 2.54 bits per heavy atom. The van der Waals surface area contributed by atoms with Crippen LogP contribution in [-0.2, 0) is 11.3 Å². The number of hydrogen-bond acceptors (Lipinski definition) is 4. The van der Waals surface area contributed by atoms with Crippen LogP contribution in [0.4, 0.5) is 0 Å². The Hall–Kier alpha value is -1.72. The number of carbonyl (C=O) groups excluding carboxylic acids is 2. The molecule has 2 N–H and O–H groups in total. The summed E-state index contributed by atoms with van der Waals surface area (Å²) in [7, 11) is 0. The molecule has 1 aromatic rings. The molecule has 0 unspecified atom stereocenters. The van der Waals surface area contributed by atoms with Crippen LogP contribution in [0, 0.1) is 6.92 Å². The average Bonchev–Trinajstić information content (AvgIpc) is 2.32. The fourth-order valence-electron chi connectivity index (χ4n) is 0.983. The molecule has 1 amide bonds. The first-order valence-electron chi connectivity index (χ1n) is 3.71. The van der Waals surface area contributed by atoms with Crippen molar-refractivity contribution in [3.63, 3.8) is 0 Å². The second kappa shape index (κ2) is 3.34. The van der Waals surface area contributed by atoms with Gasteiger partial charge in [-0.05, 0) is 6.92 Å². The van der Waals surface area contributed by atoms with Crippen molar-refractivity contribution in [3.05, 3.63) is 11.4 Å². The maximum absolute atomic E-state index is 10.9. The highest BCUT2D eigenvalue weighted by Crippen LogP contribution is 2.03. The minimum absolute atomic E-state index is 0.0495. The van der Waals surface area contributed by atoms with Crippen molar-refractivity contribution in [2.45, 2.75) is 20.4 Å². The van der Waals surface area contributed by atoms with E-state index in [9.17, 15) is 9.59 Å². The number of rotatable bonds is 3. The Kier molecular flexibility index (Phi) is 2.41. The fourth-order valence-corrected chi connectivity index (χ4v) is 0.983. The predicted octanol–water partition coefficient (Wildman–Crippen LogP) is -0.726. The number of primary amides is 1. The number of Topliss-reactive ketones (excluding diaryl/α,β-unsaturated/α-hetero) is 1. The molecule has 0 bridgehead atoms. The molecular weight excluding hydrogens is 172 g/mol. The van der Waals surface area contributed by atoms with Gasteiger partial charge in [-0.2, -0.15) is 0 Å². The zero-order chi connectivity index (χ0) is 10.0. The first-order chi connectivity index (χ1) is 6.02. The van der Waals surface area contributed by atoms with Gasteiger partial charge in [-0.25, -0.2) is 4.68 Å². The number of carbonyl (C=O) groups is 2. The van der Waals surface area contributed by atoms with E-state index in [1.807, 2.05) is 0 Å². The Labute approximate surface area is 74.7 Å². The van der Waals surface area contributed by atoms with E-state index in [1.165, 1.54) is 11.6 Å². The summed E-state index contributed by atoms with van der Waals surface area (Å²) in [5, 5.41) is 7.25. The van der Waals surface area contributed by atoms with Crippen molar-refractivity contribution in [3.8, 4) is 0 Å². The van der Waals surface area contributed by atoms with Gasteiger partial charge >= 0.3 is 0 Å². The SMILES string of the molecule is CC(=O)c1nnn(CC(N)=O)c1C. The third-order valence-corrected chi connectivity index (χ3v) is 1.62. The van der Waals surface area contributed by atoms with Gasteiger partial charge in [0.1, 0.15) is 6.54 Å². The summed E-state index contributed by atoms with van der Waals surface area (Å²) in [6.45, 7) is 3.01. The lowest BCUT2D eigenvalue weighted by atomic mass is 10.2. The van der Waals surface area contributed by atoms with E-state index >= 15 is 0 Å². The van der Waals surface area contributed by atoms with Crippen LogP contribution in [0.3, 0.4) is 0 Å². The van der Waals surface area contributed by atoms with E-state index in [-0.39, 0.29) is 18.0 Å². The first-order valence-corrected chi connectivity index (χ1v) is 3.71. The molecule has 0 aliphatic carbocycles. The van der Waals surface area contributed by atoms with Crippen molar-refractivity contribution in [2.75, 3.05) is 0 Å². The van der Waals surface area contributed by atoms with Crippen LogP contribution in [-0.4, -0.2) is 26.7 Å². The van der Waals surface area contributed by atoms with Crippen molar-refractivity contribution < 1.29 is 9.59 Å². The fraction of sp³-hybridized carbons (Fsp3) is 0.429. The normalized spacial score (nSPS) is 10.0. The molecule has 13 heavy (non-hydrogen) atoms. The molecule has 70 valence electrons. The zero-order valence-corrected chi connectivity index (χ0v) is 7.44. The molecule has 0 atom stereocenters. The molecule has 6 nitrogen and oxygen atoms in total. The predicted molar refractivity (Wildman–Crippen MR) is 44.0 cm³/mol. The van der Waals surface area contributed by atoms with Gasteiger partial charge in [0, 0.05) is 6.92 Å². The second-order valence-corrected chi connectivity index (χ2v) is 2.70. The lowest BCUT2D eigenvalue weighted by Crippen LogP contribution is -2.20. The van der Waals surface area contributed by atoms with Crippen molar-refractivity contribution in [1.29, 1.82) is 0 Å². The number of nitrogens with zero attached hydrogens (tertiary/aromatic N) is 3. The summed E-state index contributed by atoms with van der Waals surface area (Å²) >= 11 is 0. The number of aromatic nitrogens is 3. The molecule has 1 heterocycles. The summed E-state index contributed by atoms with van der Waals surface area (Å²) in [6.07, 6.45) is 0. The standard InChI is InChI=1S/C7H10N4O2/c1-4-7(5(2)12)9-10-11(4)3-6(8)13/h3H2,1-2H3,(H2,8,13). The van der Waals surface area contributed by atoms with Gasteiger partial charge in [-0.3, -0.25) is 9.59 Å². The minimum Gasteiger partial charge on any atom is -0.368 e. The number of amides is 1. The summed E-state index contributed by atoms with van der Waals surface area (Å²) in [5.41, 5.74) is 5.81. The molecule has 0 spiro atoms. The zero-order valence-electron chi connectivity index (χ0n) is 7.44. The van der Waals surface area contributed by atoms with Crippen molar-refractivity contribution in [1.82, 2.24) is 15.0 Å². The van der Waals surface area contributed by atoms with Gasteiger partial charge in [-0.15, -0.1) is 5.10 Å². The smallest absolute Gasteiger partial charge is 0.239 e. The first kappa shape index (κ1) is 9.37. The van der Waals surface area contributed by atoms with E-state index in [0.29, 0.717) is 5.69 Å². The van der Waals surface area contributed by atoms with Gasteiger partial charge in [-0.1, -0.05) is 5.21 Å². The largest absolute Gasteiger partial charge is 0.368 e. The average molecular weight is 182 g/mol. The van der Waals surface area contributed by atoms with E-state index in [1.54, 1.807) is 6.92 Å². The number of nitrogens with two attached hydrogens (primary N) is 1. The van der Waals surface area contributed by atoms with Crippen LogP contribution in [0.15, 0.2) is 0 Å². The topological polar surface area (TPSA) is 90.9 Å².